The van der Waals surface area contributed by atoms with E-state index < -0.39 is 5.60 Å². The summed E-state index contributed by atoms with van der Waals surface area (Å²) >= 11 is 3.45. The third-order valence-electron chi connectivity index (χ3n) is 5.14. The van der Waals surface area contributed by atoms with Crippen molar-refractivity contribution < 1.29 is 9.90 Å². The van der Waals surface area contributed by atoms with Crippen LogP contribution in [0.4, 0.5) is 0 Å². The molecule has 0 radical (unpaired) electrons. The molecule has 1 N–H and O–H groups in total. The van der Waals surface area contributed by atoms with Crippen molar-refractivity contribution in [3.8, 4) is 0 Å². The molecule has 0 spiro atoms. The standard InChI is InChI=1S/C16H23BrN2O2/c1-2-18-11-13(17)9-14(18)15(20)19-8-7-16(21)6-4-3-5-12(16)10-19/h9,11-12,21H,2-8,10H2,1H3. The van der Waals surface area contributed by atoms with Crippen molar-refractivity contribution in [1.29, 1.82) is 0 Å². The predicted octanol–water partition coefficient (Wildman–Crippen LogP) is 3.04. The molecule has 1 aliphatic carbocycles. The Morgan fingerprint density at radius 1 is 1.48 bits per heavy atom. The Morgan fingerprint density at radius 2 is 2.29 bits per heavy atom. The van der Waals surface area contributed by atoms with Gasteiger partial charge >= 0.3 is 0 Å². The number of halogens is 1. The number of aryl methyl sites for hydroxylation is 1. The van der Waals surface area contributed by atoms with E-state index in [1.807, 2.05) is 28.7 Å². The average molecular weight is 355 g/mol. The van der Waals surface area contributed by atoms with Gasteiger partial charge in [-0.15, -0.1) is 0 Å². The number of aliphatic hydroxyl groups is 1. The van der Waals surface area contributed by atoms with Crippen molar-refractivity contribution in [3.05, 3.63) is 22.4 Å². The number of hydrogen-bond acceptors (Lipinski definition) is 2. The molecule has 5 heteroatoms. The van der Waals surface area contributed by atoms with E-state index in [9.17, 15) is 9.90 Å². The zero-order valence-electron chi connectivity index (χ0n) is 12.5. The highest BCUT2D eigenvalue weighted by atomic mass is 79.9. The minimum Gasteiger partial charge on any atom is -0.389 e. The molecule has 2 unspecified atom stereocenters. The summed E-state index contributed by atoms with van der Waals surface area (Å²) in [4.78, 5) is 14.7. The maximum atomic E-state index is 12.8. The van der Waals surface area contributed by atoms with Crippen molar-refractivity contribution in [3.63, 3.8) is 0 Å². The first-order valence-corrected chi connectivity index (χ1v) is 8.70. The molecule has 1 aliphatic heterocycles. The molecule has 1 amide bonds. The van der Waals surface area contributed by atoms with Crippen LogP contribution in [0.5, 0.6) is 0 Å². The Labute approximate surface area is 134 Å². The molecular weight excluding hydrogens is 332 g/mol. The van der Waals surface area contributed by atoms with E-state index in [1.54, 1.807) is 0 Å². The van der Waals surface area contributed by atoms with Crippen LogP contribution < -0.4 is 0 Å². The molecule has 0 bridgehead atoms. The highest BCUT2D eigenvalue weighted by Crippen LogP contribution is 2.40. The lowest BCUT2D eigenvalue weighted by molar-refractivity contribution is -0.0887. The van der Waals surface area contributed by atoms with E-state index in [1.165, 1.54) is 6.42 Å². The van der Waals surface area contributed by atoms with Gasteiger partial charge in [-0.2, -0.15) is 0 Å². The maximum absolute atomic E-state index is 12.8. The molecule has 1 saturated carbocycles. The average Bonchev–Trinajstić information content (AvgIpc) is 2.86. The molecule has 0 aromatic carbocycles. The molecule has 2 fully saturated rings. The summed E-state index contributed by atoms with van der Waals surface area (Å²) in [5.74, 6) is 0.340. The summed E-state index contributed by atoms with van der Waals surface area (Å²) in [7, 11) is 0. The molecule has 2 atom stereocenters. The van der Waals surface area contributed by atoms with Crippen molar-refractivity contribution in [2.24, 2.45) is 5.92 Å². The number of amides is 1. The van der Waals surface area contributed by atoms with Gasteiger partial charge < -0.3 is 14.6 Å². The molecule has 1 aromatic rings. The van der Waals surface area contributed by atoms with E-state index in [0.717, 1.165) is 42.4 Å². The number of hydrogen-bond donors (Lipinski definition) is 1. The first-order valence-electron chi connectivity index (χ1n) is 7.91. The lowest BCUT2D eigenvalue weighted by Gasteiger charge is -2.47. The number of carbonyl (C=O) groups excluding carboxylic acids is 1. The van der Waals surface area contributed by atoms with E-state index >= 15 is 0 Å². The minimum atomic E-state index is -0.525. The zero-order valence-corrected chi connectivity index (χ0v) is 14.1. The number of piperidine rings is 1. The van der Waals surface area contributed by atoms with Crippen LogP contribution in [-0.4, -0.2) is 39.2 Å². The van der Waals surface area contributed by atoms with Crippen molar-refractivity contribution in [1.82, 2.24) is 9.47 Å². The van der Waals surface area contributed by atoms with Crippen LogP contribution in [0.3, 0.4) is 0 Å². The third kappa shape index (κ3) is 2.78. The summed E-state index contributed by atoms with van der Waals surface area (Å²) in [5.41, 5.74) is 0.216. The fraction of sp³-hybridized carbons (Fsp3) is 0.688. The fourth-order valence-corrected chi connectivity index (χ4v) is 4.30. The number of likely N-dealkylation sites (tertiary alicyclic amines) is 1. The van der Waals surface area contributed by atoms with Gasteiger partial charge in [0.2, 0.25) is 0 Å². The Kier molecular flexibility index (Phi) is 4.14. The molecular formula is C16H23BrN2O2. The second-order valence-electron chi connectivity index (χ2n) is 6.38. The Balaban J connectivity index is 1.77. The quantitative estimate of drug-likeness (QED) is 0.886. The summed E-state index contributed by atoms with van der Waals surface area (Å²) in [6, 6.07) is 1.90. The lowest BCUT2D eigenvalue weighted by atomic mass is 9.71. The summed E-state index contributed by atoms with van der Waals surface area (Å²) in [6.07, 6.45) is 6.90. The van der Waals surface area contributed by atoms with Gasteiger partial charge in [0.05, 0.1) is 5.60 Å². The third-order valence-corrected chi connectivity index (χ3v) is 5.57. The molecule has 3 rings (SSSR count). The Bertz CT molecular complexity index is 542. The maximum Gasteiger partial charge on any atom is 0.270 e. The second kappa shape index (κ2) is 5.76. The van der Waals surface area contributed by atoms with Crippen LogP contribution in [0.25, 0.3) is 0 Å². The van der Waals surface area contributed by atoms with Gasteiger partial charge in [0.1, 0.15) is 5.69 Å². The SMILES string of the molecule is CCn1cc(Br)cc1C(=O)N1CCC2(O)CCCCC2C1. The number of carbonyl (C=O) groups is 1. The van der Waals surface area contributed by atoms with Crippen LogP contribution in [-0.2, 0) is 6.54 Å². The van der Waals surface area contributed by atoms with E-state index in [0.29, 0.717) is 13.1 Å². The topological polar surface area (TPSA) is 45.5 Å². The van der Waals surface area contributed by atoms with Gasteiger partial charge in [-0.25, -0.2) is 0 Å². The highest BCUT2D eigenvalue weighted by molar-refractivity contribution is 9.10. The van der Waals surface area contributed by atoms with Crippen LogP contribution in [0.1, 0.15) is 49.5 Å². The number of rotatable bonds is 2. The van der Waals surface area contributed by atoms with Crippen LogP contribution in [0, 0.1) is 5.92 Å². The number of nitrogens with zero attached hydrogens (tertiary/aromatic N) is 2. The summed E-state index contributed by atoms with van der Waals surface area (Å²) in [6.45, 7) is 4.19. The highest BCUT2D eigenvalue weighted by Gasteiger charge is 2.44. The van der Waals surface area contributed by atoms with E-state index in [2.05, 4.69) is 15.9 Å². The zero-order chi connectivity index (χ0) is 15.0. The first kappa shape index (κ1) is 15.1. The normalized spacial score (nSPS) is 29.3. The van der Waals surface area contributed by atoms with Gasteiger partial charge in [-0.3, -0.25) is 4.79 Å². The van der Waals surface area contributed by atoms with Gasteiger partial charge in [-0.05, 0) is 48.2 Å². The summed E-state index contributed by atoms with van der Waals surface area (Å²) in [5, 5.41) is 10.7. The largest absolute Gasteiger partial charge is 0.389 e. The van der Waals surface area contributed by atoms with E-state index in [4.69, 9.17) is 0 Å². The number of fused-ring (bicyclic) bond motifs is 1. The molecule has 4 nitrogen and oxygen atoms in total. The summed E-state index contributed by atoms with van der Waals surface area (Å²) < 4.78 is 2.92. The Hall–Kier alpha value is -0.810. The smallest absolute Gasteiger partial charge is 0.270 e. The molecule has 1 saturated heterocycles. The molecule has 2 aliphatic rings. The van der Waals surface area contributed by atoms with Crippen LogP contribution >= 0.6 is 15.9 Å². The fourth-order valence-electron chi connectivity index (χ4n) is 3.83. The minimum absolute atomic E-state index is 0.0928. The van der Waals surface area contributed by atoms with Gasteiger partial charge in [-0.1, -0.05) is 12.8 Å². The van der Waals surface area contributed by atoms with Crippen molar-refractivity contribution in [2.75, 3.05) is 13.1 Å². The lowest BCUT2D eigenvalue weighted by Crippen LogP contribution is -2.54. The van der Waals surface area contributed by atoms with Crippen LogP contribution in [0.2, 0.25) is 0 Å². The molecule has 2 heterocycles. The number of aromatic nitrogens is 1. The first-order chi connectivity index (χ1) is 10.0. The van der Waals surface area contributed by atoms with E-state index in [-0.39, 0.29) is 11.8 Å². The van der Waals surface area contributed by atoms with Crippen molar-refractivity contribution >= 4 is 21.8 Å². The Morgan fingerprint density at radius 3 is 3.05 bits per heavy atom. The second-order valence-corrected chi connectivity index (χ2v) is 7.29. The van der Waals surface area contributed by atoms with Crippen molar-refractivity contribution in [2.45, 2.75) is 51.2 Å². The molecule has 116 valence electrons. The van der Waals surface area contributed by atoms with Gasteiger partial charge in [0.25, 0.3) is 5.91 Å². The van der Waals surface area contributed by atoms with Gasteiger partial charge in [0.15, 0.2) is 0 Å². The van der Waals surface area contributed by atoms with Gasteiger partial charge in [0, 0.05) is 36.2 Å². The molecule has 21 heavy (non-hydrogen) atoms. The monoisotopic (exact) mass is 354 g/mol. The predicted molar refractivity (Wildman–Crippen MR) is 85.2 cm³/mol. The molecule has 1 aromatic heterocycles. The van der Waals surface area contributed by atoms with Crippen LogP contribution in [0.15, 0.2) is 16.7 Å².